The molecule has 0 aromatic heterocycles. The van der Waals surface area contributed by atoms with Crippen LogP contribution in [0.5, 0.6) is 0 Å². The highest BCUT2D eigenvalue weighted by Gasteiger charge is 2.28. The Morgan fingerprint density at radius 1 is 0.952 bits per heavy atom. The van der Waals surface area contributed by atoms with E-state index in [-0.39, 0.29) is 0 Å². The Morgan fingerprint density at radius 3 is 1.86 bits per heavy atom. The van der Waals surface area contributed by atoms with Gasteiger partial charge in [0.25, 0.3) is 0 Å². The summed E-state index contributed by atoms with van der Waals surface area (Å²) in [7, 11) is 0. The minimum atomic E-state index is -2.25. The molecule has 0 aliphatic rings. The van der Waals surface area contributed by atoms with Crippen molar-refractivity contribution in [2.75, 3.05) is 5.32 Å². The van der Waals surface area contributed by atoms with Crippen molar-refractivity contribution in [1.82, 2.24) is 0 Å². The third-order valence-electron chi connectivity index (χ3n) is 3.23. The largest absolute Gasteiger partial charge is 0.321 e. The number of hydrogen-bond acceptors (Lipinski definition) is 1. The van der Waals surface area contributed by atoms with E-state index < -0.39 is 46.6 Å². The Hall–Kier alpha value is -1.66. The number of rotatable bonds is 6. The van der Waals surface area contributed by atoms with E-state index in [1.165, 1.54) is 0 Å². The van der Waals surface area contributed by atoms with E-state index in [1.54, 1.807) is 6.92 Å². The van der Waals surface area contributed by atoms with Crippen LogP contribution in [0.4, 0.5) is 27.6 Å². The number of hydrogen-bond donors (Lipinski definition) is 1. The number of halogens is 5. The number of carbonyl (C=O) groups is 1. The third-order valence-corrected chi connectivity index (χ3v) is 3.23. The monoisotopic (exact) mass is 309 g/mol. The van der Waals surface area contributed by atoms with E-state index in [1.807, 2.05) is 12.2 Å². The molecule has 0 spiro atoms. The van der Waals surface area contributed by atoms with Crippen LogP contribution in [-0.4, -0.2) is 5.91 Å². The quantitative estimate of drug-likeness (QED) is 0.466. The van der Waals surface area contributed by atoms with Gasteiger partial charge in [0.05, 0.1) is 0 Å². The van der Waals surface area contributed by atoms with Crippen molar-refractivity contribution in [2.24, 2.45) is 5.92 Å². The van der Waals surface area contributed by atoms with E-state index in [4.69, 9.17) is 0 Å². The molecule has 1 aromatic carbocycles. The summed E-state index contributed by atoms with van der Waals surface area (Å²) in [5, 5.41) is 1.81. The van der Waals surface area contributed by atoms with Gasteiger partial charge in [-0.2, -0.15) is 0 Å². The minimum Gasteiger partial charge on any atom is -0.321 e. The Bertz CT molecular complexity index is 504. The molecule has 0 aliphatic heterocycles. The van der Waals surface area contributed by atoms with Gasteiger partial charge in [-0.15, -0.1) is 0 Å². The molecule has 1 atom stereocenters. The maximum atomic E-state index is 13.4. The zero-order valence-corrected chi connectivity index (χ0v) is 11.7. The molecule has 0 saturated carbocycles. The second-order valence-corrected chi connectivity index (χ2v) is 4.68. The average molecular weight is 309 g/mol. The van der Waals surface area contributed by atoms with Gasteiger partial charge < -0.3 is 5.32 Å². The molecule has 0 saturated heterocycles. The van der Waals surface area contributed by atoms with Gasteiger partial charge in [0.1, 0.15) is 5.69 Å². The lowest BCUT2D eigenvalue weighted by molar-refractivity contribution is -0.120. The van der Waals surface area contributed by atoms with Crippen LogP contribution in [0.2, 0.25) is 0 Å². The van der Waals surface area contributed by atoms with Crippen LogP contribution in [0.15, 0.2) is 0 Å². The van der Waals surface area contributed by atoms with Gasteiger partial charge in [-0.1, -0.05) is 26.7 Å². The van der Waals surface area contributed by atoms with Crippen LogP contribution in [-0.2, 0) is 4.79 Å². The van der Waals surface area contributed by atoms with Crippen LogP contribution in [0, 0.1) is 35.0 Å². The second-order valence-electron chi connectivity index (χ2n) is 4.68. The molecule has 1 rings (SSSR count). The van der Waals surface area contributed by atoms with Crippen LogP contribution >= 0.6 is 0 Å². The number of benzene rings is 1. The Kier molecular flexibility index (Phi) is 6.11. The summed E-state index contributed by atoms with van der Waals surface area (Å²) in [6.07, 6.45) is 2.44. The molecule has 2 nitrogen and oxygen atoms in total. The zero-order chi connectivity index (χ0) is 16.2. The smallest absolute Gasteiger partial charge is 0.227 e. The molecule has 1 N–H and O–H groups in total. The van der Waals surface area contributed by atoms with Crippen LogP contribution in [0.25, 0.3) is 0 Å². The van der Waals surface area contributed by atoms with E-state index in [2.05, 4.69) is 0 Å². The highest BCUT2D eigenvalue weighted by atomic mass is 19.2. The van der Waals surface area contributed by atoms with Gasteiger partial charge in [0.2, 0.25) is 11.7 Å². The lowest BCUT2D eigenvalue weighted by Crippen LogP contribution is -2.24. The topological polar surface area (TPSA) is 29.1 Å². The maximum absolute atomic E-state index is 13.4. The molecule has 21 heavy (non-hydrogen) atoms. The van der Waals surface area contributed by atoms with Crippen molar-refractivity contribution < 1.29 is 26.7 Å². The van der Waals surface area contributed by atoms with Crippen LogP contribution in [0.3, 0.4) is 0 Å². The van der Waals surface area contributed by atoms with Crippen molar-refractivity contribution in [3.63, 3.8) is 0 Å². The summed E-state index contributed by atoms with van der Waals surface area (Å²) < 4.78 is 65.8. The first-order valence-corrected chi connectivity index (χ1v) is 6.67. The molecular weight excluding hydrogens is 293 g/mol. The molecule has 1 amide bonds. The van der Waals surface area contributed by atoms with E-state index in [0.29, 0.717) is 12.8 Å². The average Bonchev–Trinajstić information content (AvgIpc) is 2.48. The predicted molar refractivity (Wildman–Crippen MR) is 68.2 cm³/mol. The van der Waals surface area contributed by atoms with Gasteiger partial charge in [-0.05, 0) is 12.8 Å². The fourth-order valence-electron chi connectivity index (χ4n) is 1.91. The number of amides is 1. The minimum absolute atomic E-state index is 0.404. The van der Waals surface area contributed by atoms with Gasteiger partial charge in [-0.3, -0.25) is 4.79 Å². The lowest BCUT2D eigenvalue weighted by Gasteiger charge is -2.16. The summed E-state index contributed by atoms with van der Waals surface area (Å²) in [5.74, 6) is -11.8. The normalized spacial score (nSPS) is 12.3. The summed E-state index contributed by atoms with van der Waals surface area (Å²) in [5.41, 5.74) is -1.30. The van der Waals surface area contributed by atoms with E-state index >= 15 is 0 Å². The number of carbonyl (C=O) groups excluding carboxylic acids is 1. The molecule has 0 bridgehead atoms. The molecule has 0 aliphatic carbocycles. The number of anilines is 1. The predicted octanol–water partition coefficient (Wildman–Crippen LogP) is 4.54. The Morgan fingerprint density at radius 2 is 1.43 bits per heavy atom. The molecule has 0 fully saturated rings. The molecule has 0 heterocycles. The number of nitrogens with one attached hydrogen (secondary N) is 1. The SMILES string of the molecule is CCCC[C@H](CC)C(=O)Nc1c(F)c(F)c(F)c(F)c1F. The molecule has 7 heteroatoms. The van der Waals surface area contributed by atoms with Gasteiger partial charge in [0, 0.05) is 5.92 Å². The van der Waals surface area contributed by atoms with Gasteiger partial charge in [0.15, 0.2) is 23.3 Å². The summed E-state index contributed by atoms with van der Waals surface area (Å²) in [6, 6.07) is 0. The molecule has 118 valence electrons. The third kappa shape index (κ3) is 3.71. The summed E-state index contributed by atoms with van der Waals surface area (Å²) in [6.45, 7) is 3.62. The first kappa shape index (κ1) is 17.4. The highest BCUT2D eigenvalue weighted by molar-refractivity contribution is 5.92. The number of unbranched alkanes of at least 4 members (excludes halogenated alkanes) is 1. The Labute approximate surface area is 119 Å². The van der Waals surface area contributed by atoms with E-state index in [0.717, 1.165) is 12.8 Å². The lowest BCUT2D eigenvalue weighted by atomic mass is 9.98. The van der Waals surface area contributed by atoms with E-state index in [9.17, 15) is 26.7 Å². The van der Waals surface area contributed by atoms with Crippen LogP contribution in [0.1, 0.15) is 39.5 Å². The fourth-order valence-corrected chi connectivity index (χ4v) is 1.91. The van der Waals surface area contributed by atoms with Crippen molar-refractivity contribution in [3.8, 4) is 0 Å². The maximum Gasteiger partial charge on any atom is 0.227 e. The zero-order valence-electron chi connectivity index (χ0n) is 11.7. The molecule has 1 aromatic rings. The molecule has 0 radical (unpaired) electrons. The first-order chi connectivity index (χ1) is 9.84. The van der Waals surface area contributed by atoms with Gasteiger partial charge >= 0.3 is 0 Å². The first-order valence-electron chi connectivity index (χ1n) is 6.67. The van der Waals surface area contributed by atoms with Crippen molar-refractivity contribution >= 4 is 11.6 Å². The van der Waals surface area contributed by atoms with Crippen molar-refractivity contribution in [1.29, 1.82) is 0 Å². The van der Waals surface area contributed by atoms with Crippen LogP contribution < -0.4 is 5.32 Å². The highest BCUT2D eigenvalue weighted by Crippen LogP contribution is 2.28. The summed E-state index contributed by atoms with van der Waals surface area (Å²) >= 11 is 0. The fraction of sp³-hybridized carbons (Fsp3) is 0.500. The standard InChI is InChI=1S/C14H16F5NO/c1-3-5-6-7(4-2)14(21)20-13-11(18)9(16)8(15)10(17)12(13)19/h7H,3-6H2,1-2H3,(H,20,21)/t7-/m0/s1. The molecular formula is C14H16F5NO. The Balaban J connectivity index is 3.05. The summed E-state index contributed by atoms with van der Waals surface area (Å²) in [4.78, 5) is 11.9. The van der Waals surface area contributed by atoms with Gasteiger partial charge in [-0.25, -0.2) is 22.0 Å². The second kappa shape index (κ2) is 7.38. The van der Waals surface area contributed by atoms with Crippen molar-refractivity contribution in [3.05, 3.63) is 29.1 Å². The molecule has 0 unspecified atom stereocenters. The van der Waals surface area contributed by atoms with Crippen molar-refractivity contribution in [2.45, 2.75) is 39.5 Å².